The first-order valence-corrected chi connectivity index (χ1v) is 5.18. The van der Waals surface area contributed by atoms with Crippen LogP contribution in [-0.4, -0.2) is 22.8 Å². The lowest BCUT2D eigenvalue weighted by Crippen LogP contribution is -2.24. The molecule has 1 aliphatic rings. The van der Waals surface area contributed by atoms with E-state index in [4.69, 9.17) is 9.84 Å². The normalized spacial score (nSPS) is 36.5. The fourth-order valence-corrected chi connectivity index (χ4v) is 2.21. The van der Waals surface area contributed by atoms with E-state index >= 15 is 0 Å². The lowest BCUT2D eigenvalue weighted by Gasteiger charge is -2.20. The second kappa shape index (κ2) is 3.23. The molecule has 0 amide bonds. The predicted molar refractivity (Wildman–Crippen MR) is 54.1 cm³/mol. The van der Waals surface area contributed by atoms with E-state index in [0.717, 1.165) is 6.42 Å². The van der Waals surface area contributed by atoms with Crippen molar-refractivity contribution in [2.75, 3.05) is 0 Å². The summed E-state index contributed by atoms with van der Waals surface area (Å²) in [5, 5.41) is 9.03. The molecule has 1 aliphatic carbocycles. The number of carboxylic acids is 1. The van der Waals surface area contributed by atoms with Crippen molar-refractivity contribution < 1.29 is 14.6 Å². The van der Waals surface area contributed by atoms with Gasteiger partial charge in [0, 0.05) is 5.41 Å². The molecule has 3 atom stereocenters. The van der Waals surface area contributed by atoms with E-state index in [-0.39, 0.29) is 17.4 Å². The molecule has 3 heteroatoms. The van der Waals surface area contributed by atoms with Gasteiger partial charge in [0.15, 0.2) is 0 Å². The van der Waals surface area contributed by atoms with Gasteiger partial charge >= 0.3 is 5.97 Å². The zero-order chi connectivity index (χ0) is 11.1. The molecule has 1 fully saturated rings. The Balaban J connectivity index is 2.73. The molecular formula is C11H20O3. The highest BCUT2D eigenvalue weighted by atomic mass is 16.5. The quantitative estimate of drug-likeness (QED) is 0.757. The Morgan fingerprint density at radius 2 is 2.00 bits per heavy atom. The molecular weight excluding hydrogens is 180 g/mol. The number of carboxylic acid groups (broad SMARTS) is 1. The minimum absolute atomic E-state index is 0.128. The van der Waals surface area contributed by atoms with Crippen LogP contribution in [-0.2, 0) is 9.53 Å². The zero-order valence-corrected chi connectivity index (χ0v) is 9.63. The summed E-state index contributed by atoms with van der Waals surface area (Å²) in [7, 11) is 0. The molecule has 0 aliphatic heterocycles. The standard InChI is InChI=1S/C11H20O3/c1-6-7(2)14-11(5)8(9(12)13)10(11,3)4/h7-8H,6H2,1-5H3,(H,12,13). The van der Waals surface area contributed by atoms with Crippen LogP contribution in [0.4, 0.5) is 0 Å². The van der Waals surface area contributed by atoms with Gasteiger partial charge < -0.3 is 9.84 Å². The fourth-order valence-electron chi connectivity index (χ4n) is 2.21. The van der Waals surface area contributed by atoms with E-state index < -0.39 is 11.6 Å². The summed E-state index contributed by atoms with van der Waals surface area (Å²) in [5.74, 6) is -1.12. The Bertz CT molecular complexity index is 247. The summed E-state index contributed by atoms with van der Waals surface area (Å²) in [6.07, 6.45) is 1.04. The summed E-state index contributed by atoms with van der Waals surface area (Å²) >= 11 is 0. The van der Waals surface area contributed by atoms with Crippen LogP contribution >= 0.6 is 0 Å². The maximum Gasteiger partial charge on any atom is 0.310 e. The molecule has 0 aromatic heterocycles. The Kier molecular flexibility index (Phi) is 2.65. The summed E-state index contributed by atoms with van der Waals surface area (Å²) < 4.78 is 5.81. The van der Waals surface area contributed by atoms with Gasteiger partial charge in [-0.15, -0.1) is 0 Å². The summed E-state index contributed by atoms with van der Waals surface area (Å²) in [5.41, 5.74) is -0.740. The SMILES string of the molecule is CCC(C)OC1(C)C(C(=O)O)C1(C)C. The first kappa shape index (κ1) is 11.5. The first-order valence-electron chi connectivity index (χ1n) is 5.18. The third kappa shape index (κ3) is 1.44. The number of hydrogen-bond acceptors (Lipinski definition) is 2. The molecule has 1 rings (SSSR count). The molecule has 1 saturated carbocycles. The monoisotopic (exact) mass is 200 g/mol. The van der Waals surface area contributed by atoms with Crippen LogP contribution in [0.5, 0.6) is 0 Å². The second-order valence-corrected chi connectivity index (χ2v) is 4.94. The molecule has 0 bridgehead atoms. The van der Waals surface area contributed by atoms with Gasteiger partial charge in [0.1, 0.15) is 0 Å². The number of hydrogen-bond donors (Lipinski definition) is 1. The highest BCUT2D eigenvalue weighted by Gasteiger charge is 2.73. The van der Waals surface area contributed by atoms with Crippen molar-refractivity contribution in [2.24, 2.45) is 11.3 Å². The Labute approximate surface area is 85.5 Å². The second-order valence-electron chi connectivity index (χ2n) is 4.94. The van der Waals surface area contributed by atoms with Gasteiger partial charge in [0.05, 0.1) is 17.6 Å². The van der Waals surface area contributed by atoms with Crippen molar-refractivity contribution in [3.63, 3.8) is 0 Å². The first-order chi connectivity index (χ1) is 6.27. The lowest BCUT2D eigenvalue weighted by atomic mass is 10.1. The van der Waals surface area contributed by atoms with Crippen LogP contribution < -0.4 is 0 Å². The molecule has 14 heavy (non-hydrogen) atoms. The highest BCUT2D eigenvalue weighted by Crippen LogP contribution is 2.64. The Morgan fingerprint density at radius 1 is 1.50 bits per heavy atom. The third-order valence-corrected chi connectivity index (χ3v) is 3.74. The van der Waals surface area contributed by atoms with Crippen LogP contribution in [0.25, 0.3) is 0 Å². The van der Waals surface area contributed by atoms with E-state index in [1.807, 2.05) is 34.6 Å². The van der Waals surface area contributed by atoms with E-state index in [2.05, 4.69) is 0 Å². The summed E-state index contributed by atoms with van der Waals surface area (Å²) in [6, 6.07) is 0. The van der Waals surface area contributed by atoms with Crippen LogP contribution in [0.3, 0.4) is 0 Å². The number of carbonyl (C=O) groups is 1. The van der Waals surface area contributed by atoms with Crippen molar-refractivity contribution in [3.05, 3.63) is 0 Å². The Morgan fingerprint density at radius 3 is 2.29 bits per heavy atom. The van der Waals surface area contributed by atoms with E-state index in [1.165, 1.54) is 0 Å². The van der Waals surface area contributed by atoms with E-state index in [1.54, 1.807) is 0 Å². The molecule has 0 saturated heterocycles. The predicted octanol–water partition coefficient (Wildman–Crippen LogP) is 2.30. The molecule has 1 N–H and O–H groups in total. The molecule has 0 heterocycles. The Hall–Kier alpha value is -0.570. The van der Waals surface area contributed by atoms with E-state index in [0.29, 0.717) is 0 Å². The zero-order valence-electron chi connectivity index (χ0n) is 9.63. The van der Waals surface area contributed by atoms with E-state index in [9.17, 15) is 4.79 Å². The van der Waals surface area contributed by atoms with Gasteiger partial charge in [0.25, 0.3) is 0 Å². The highest BCUT2D eigenvalue weighted by molar-refractivity contribution is 5.77. The van der Waals surface area contributed by atoms with Gasteiger partial charge in [-0.05, 0) is 20.3 Å². The van der Waals surface area contributed by atoms with Crippen LogP contribution in [0.15, 0.2) is 0 Å². The lowest BCUT2D eigenvalue weighted by molar-refractivity contribution is -0.141. The molecule has 0 aromatic rings. The van der Waals surface area contributed by atoms with Crippen LogP contribution in [0.2, 0.25) is 0 Å². The largest absolute Gasteiger partial charge is 0.481 e. The summed E-state index contributed by atoms with van der Waals surface area (Å²) in [6.45, 7) is 9.83. The summed E-state index contributed by atoms with van der Waals surface area (Å²) in [4.78, 5) is 11.0. The van der Waals surface area contributed by atoms with Gasteiger partial charge in [-0.3, -0.25) is 4.79 Å². The van der Waals surface area contributed by atoms with Gasteiger partial charge in [-0.2, -0.15) is 0 Å². The van der Waals surface area contributed by atoms with Crippen molar-refractivity contribution in [2.45, 2.75) is 52.7 Å². The molecule has 82 valence electrons. The topological polar surface area (TPSA) is 46.5 Å². The number of rotatable bonds is 4. The number of ether oxygens (including phenoxy) is 1. The minimum Gasteiger partial charge on any atom is -0.481 e. The molecule has 0 spiro atoms. The van der Waals surface area contributed by atoms with Crippen molar-refractivity contribution in [1.29, 1.82) is 0 Å². The van der Waals surface area contributed by atoms with Crippen molar-refractivity contribution in [3.8, 4) is 0 Å². The number of aliphatic carboxylic acids is 1. The van der Waals surface area contributed by atoms with Gasteiger partial charge in [0.2, 0.25) is 0 Å². The fraction of sp³-hybridized carbons (Fsp3) is 0.909. The van der Waals surface area contributed by atoms with Crippen molar-refractivity contribution >= 4 is 5.97 Å². The average molecular weight is 200 g/mol. The smallest absolute Gasteiger partial charge is 0.310 e. The maximum absolute atomic E-state index is 11.0. The minimum atomic E-state index is -0.749. The molecule has 0 radical (unpaired) electrons. The maximum atomic E-state index is 11.0. The third-order valence-electron chi connectivity index (χ3n) is 3.74. The van der Waals surface area contributed by atoms with Crippen molar-refractivity contribution in [1.82, 2.24) is 0 Å². The average Bonchev–Trinajstić information content (AvgIpc) is 2.44. The molecule has 3 nitrogen and oxygen atoms in total. The van der Waals surface area contributed by atoms with Gasteiger partial charge in [-0.25, -0.2) is 0 Å². The molecule has 0 aromatic carbocycles. The molecule has 3 unspecified atom stereocenters. The van der Waals surface area contributed by atoms with Gasteiger partial charge in [-0.1, -0.05) is 20.8 Å². The van der Waals surface area contributed by atoms with Crippen LogP contribution in [0, 0.1) is 11.3 Å². The van der Waals surface area contributed by atoms with Crippen LogP contribution in [0.1, 0.15) is 41.0 Å².